The van der Waals surface area contributed by atoms with Gasteiger partial charge in [0.2, 0.25) is 11.7 Å². The number of nitrogens with one attached hydrogen (secondary N) is 1. The van der Waals surface area contributed by atoms with Crippen molar-refractivity contribution in [1.29, 1.82) is 0 Å². The SMILES string of the molecule is COc1ccc([N+](=O)[O-])c(NCC2(O)CCCCC2)n1. The quantitative estimate of drug-likeness (QED) is 0.633. The Labute approximate surface area is 117 Å². The lowest BCUT2D eigenvalue weighted by molar-refractivity contribution is -0.384. The number of ether oxygens (including phenoxy) is 1. The third kappa shape index (κ3) is 3.36. The highest BCUT2D eigenvalue weighted by Gasteiger charge is 2.30. The molecule has 1 aromatic heterocycles. The van der Waals surface area contributed by atoms with Gasteiger partial charge in [-0.2, -0.15) is 4.98 Å². The molecule has 1 aliphatic rings. The number of rotatable bonds is 5. The van der Waals surface area contributed by atoms with Crippen LogP contribution in [0.2, 0.25) is 0 Å². The number of aromatic nitrogens is 1. The van der Waals surface area contributed by atoms with Crippen LogP contribution in [0.25, 0.3) is 0 Å². The number of anilines is 1. The first-order valence-electron chi connectivity index (χ1n) is 6.70. The Morgan fingerprint density at radius 2 is 2.15 bits per heavy atom. The molecule has 1 aliphatic carbocycles. The first-order valence-corrected chi connectivity index (χ1v) is 6.70. The maximum absolute atomic E-state index is 11.0. The van der Waals surface area contributed by atoms with Gasteiger partial charge in [-0.25, -0.2) is 0 Å². The van der Waals surface area contributed by atoms with Gasteiger partial charge < -0.3 is 15.2 Å². The second-order valence-corrected chi connectivity index (χ2v) is 5.12. The van der Waals surface area contributed by atoms with Crippen molar-refractivity contribution in [2.75, 3.05) is 19.0 Å². The van der Waals surface area contributed by atoms with Crippen LogP contribution in [-0.2, 0) is 0 Å². The highest BCUT2D eigenvalue weighted by Crippen LogP contribution is 2.30. The summed E-state index contributed by atoms with van der Waals surface area (Å²) in [6.07, 6.45) is 4.49. The second-order valence-electron chi connectivity index (χ2n) is 5.12. The van der Waals surface area contributed by atoms with Crippen molar-refractivity contribution in [2.45, 2.75) is 37.7 Å². The van der Waals surface area contributed by atoms with Crippen molar-refractivity contribution in [3.8, 4) is 5.88 Å². The van der Waals surface area contributed by atoms with E-state index >= 15 is 0 Å². The predicted molar refractivity (Wildman–Crippen MR) is 74.0 cm³/mol. The Kier molecular flexibility index (Phi) is 4.39. The number of aliphatic hydroxyl groups is 1. The highest BCUT2D eigenvalue weighted by molar-refractivity contribution is 5.57. The summed E-state index contributed by atoms with van der Waals surface area (Å²) < 4.78 is 4.97. The van der Waals surface area contributed by atoms with E-state index in [2.05, 4.69) is 10.3 Å². The zero-order chi connectivity index (χ0) is 14.6. The molecular weight excluding hydrogens is 262 g/mol. The lowest BCUT2D eigenvalue weighted by atomic mass is 9.85. The Morgan fingerprint density at radius 1 is 1.45 bits per heavy atom. The van der Waals surface area contributed by atoms with E-state index in [0.717, 1.165) is 19.3 Å². The molecule has 2 N–H and O–H groups in total. The summed E-state index contributed by atoms with van der Waals surface area (Å²) in [4.78, 5) is 14.5. The van der Waals surface area contributed by atoms with Gasteiger partial charge in [0.05, 0.1) is 17.6 Å². The third-order valence-corrected chi connectivity index (χ3v) is 3.62. The number of nitrogens with zero attached hydrogens (tertiary/aromatic N) is 2. The molecular formula is C13H19N3O4. The standard InChI is InChI=1S/C13H19N3O4/c1-20-11-6-5-10(16(18)19)12(15-11)14-9-13(17)7-3-2-4-8-13/h5-6,17H,2-4,7-9H2,1H3,(H,14,15). The normalized spacial score (nSPS) is 17.5. The van der Waals surface area contributed by atoms with Crippen LogP contribution < -0.4 is 10.1 Å². The minimum atomic E-state index is -0.809. The largest absolute Gasteiger partial charge is 0.481 e. The molecule has 0 aliphatic heterocycles. The molecule has 1 saturated carbocycles. The van der Waals surface area contributed by atoms with Crippen LogP contribution in [0.5, 0.6) is 5.88 Å². The zero-order valence-electron chi connectivity index (χ0n) is 11.5. The molecule has 0 atom stereocenters. The molecule has 7 heteroatoms. The van der Waals surface area contributed by atoms with Gasteiger partial charge in [0, 0.05) is 18.7 Å². The summed E-state index contributed by atoms with van der Waals surface area (Å²) >= 11 is 0. The van der Waals surface area contributed by atoms with E-state index in [1.165, 1.54) is 19.2 Å². The minimum absolute atomic E-state index is 0.120. The monoisotopic (exact) mass is 281 g/mol. The molecule has 0 bridgehead atoms. The van der Waals surface area contributed by atoms with Gasteiger partial charge in [-0.15, -0.1) is 0 Å². The van der Waals surface area contributed by atoms with Crippen LogP contribution in [0, 0.1) is 10.1 Å². The summed E-state index contributed by atoms with van der Waals surface area (Å²) in [5, 5.41) is 24.3. The fourth-order valence-electron chi connectivity index (χ4n) is 2.46. The Morgan fingerprint density at radius 3 is 2.75 bits per heavy atom. The van der Waals surface area contributed by atoms with Gasteiger partial charge in [-0.1, -0.05) is 19.3 Å². The van der Waals surface area contributed by atoms with Crippen LogP contribution in [0.15, 0.2) is 12.1 Å². The number of hydrogen-bond donors (Lipinski definition) is 2. The number of pyridine rings is 1. The molecule has 0 spiro atoms. The summed E-state index contributed by atoms with van der Waals surface area (Å²) in [7, 11) is 1.45. The van der Waals surface area contributed by atoms with E-state index in [0.29, 0.717) is 18.7 Å². The average molecular weight is 281 g/mol. The molecule has 20 heavy (non-hydrogen) atoms. The highest BCUT2D eigenvalue weighted by atomic mass is 16.6. The van der Waals surface area contributed by atoms with Crippen LogP contribution in [0.1, 0.15) is 32.1 Å². The molecule has 0 unspecified atom stereocenters. The second kappa shape index (κ2) is 6.04. The number of nitro groups is 1. The molecule has 2 rings (SSSR count). The van der Waals surface area contributed by atoms with Crippen molar-refractivity contribution in [3.05, 3.63) is 22.2 Å². The van der Waals surface area contributed by atoms with Gasteiger partial charge >= 0.3 is 5.69 Å². The Hall–Kier alpha value is -1.89. The van der Waals surface area contributed by atoms with E-state index in [-0.39, 0.29) is 18.1 Å². The van der Waals surface area contributed by atoms with Crippen molar-refractivity contribution in [3.63, 3.8) is 0 Å². The molecule has 1 aromatic rings. The van der Waals surface area contributed by atoms with E-state index in [4.69, 9.17) is 4.74 Å². The molecule has 0 amide bonds. The first kappa shape index (κ1) is 14.5. The third-order valence-electron chi connectivity index (χ3n) is 3.62. The van der Waals surface area contributed by atoms with Gasteiger partial charge in [-0.05, 0) is 12.8 Å². The van der Waals surface area contributed by atoms with Crippen LogP contribution >= 0.6 is 0 Å². The maximum Gasteiger partial charge on any atom is 0.311 e. The number of hydrogen-bond acceptors (Lipinski definition) is 6. The maximum atomic E-state index is 11.0. The van der Waals surface area contributed by atoms with E-state index < -0.39 is 10.5 Å². The average Bonchev–Trinajstić information content (AvgIpc) is 2.45. The minimum Gasteiger partial charge on any atom is -0.481 e. The van der Waals surface area contributed by atoms with Gasteiger partial charge in [0.25, 0.3) is 0 Å². The molecule has 1 heterocycles. The van der Waals surface area contributed by atoms with E-state index in [1.807, 2.05) is 0 Å². The van der Waals surface area contributed by atoms with Crippen molar-refractivity contribution >= 4 is 11.5 Å². The predicted octanol–water partition coefficient (Wildman–Crippen LogP) is 2.11. The summed E-state index contributed by atoms with van der Waals surface area (Å²) in [6, 6.07) is 2.79. The molecule has 0 saturated heterocycles. The van der Waals surface area contributed by atoms with Gasteiger partial charge in [0.1, 0.15) is 0 Å². The van der Waals surface area contributed by atoms with Crippen LogP contribution in [0.3, 0.4) is 0 Å². The van der Waals surface area contributed by atoms with E-state index in [1.54, 1.807) is 0 Å². The lowest BCUT2D eigenvalue weighted by Crippen LogP contribution is -2.39. The molecule has 110 valence electrons. The van der Waals surface area contributed by atoms with Crippen molar-refractivity contribution in [1.82, 2.24) is 4.98 Å². The number of methoxy groups -OCH3 is 1. The van der Waals surface area contributed by atoms with Crippen LogP contribution in [0.4, 0.5) is 11.5 Å². The summed E-state index contributed by atoms with van der Waals surface area (Å²) in [6.45, 7) is 0.258. The van der Waals surface area contributed by atoms with Crippen LogP contribution in [-0.4, -0.2) is 34.3 Å². The zero-order valence-corrected chi connectivity index (χ0v) is 11.5. The molecule has 0 aromatic carbocycles. The Bertz CT molecular complexity index is 487. The topological polar surface area (TPSA) is 97.5 Å². The fraction of sp³-hybridized carbons (Fsp3) is 0.615. The van der Waals surface area contributed by atoms with E-state index in [9.17, 15) is 15.2 Å². The summed E-state index contributed by atoms with van der Waals surface area (Å²) in [5.41, 5.74) is -0.929. The Balaban J connectivity index is 2.12. The summed E-state index contributed by atoms with van der Waals surface area (Å²) in [5.74, 6) is 0.432. The van der Waals surface area contributed by atoms with Gasteiger partial charge in [-0.3, -0.25) is 10.1 Å². The molecule has 7 nitrogen and oxygen atoms in total. The molecule has 1 fully saturated rings. The van der Waals surface area contributed by atoms with Crippen molar-refractivity contribution in [2.24, 2.45) is 0 Å². The lowest BCUT2D eigenvalue weighted by Gasteiger charge is -2.32. The fourth-order valence-corrected chi connectivity index (χ4v) is 2.46. The van der Waals surface area contributed by atoms with Crippen molar-refractivity contribution < 1.29 is 14.8 Å². The smallest absolute Gasteiger partial charge is 0.311 e. The molecule has 0 radical (unpaired) electrons. The first-order chi connectivity index (χ1) is 9.54. The van der Waals surface area contributed by atoms with Gasteiger partial charge in [0.15, 0.2) is 0 Å².